The van der Waals surface area contributed by atoms with Crippen molar-refractivity contribution in [2.24, 2.45) is 5.73 Å². The summed E-state index contributed by atoms with van der Waals surface area (Å²) in [6, 6.07) is 17.5. The average Bonchev–Trinajstić information content (AvgIpc) is 2.31. The number of carbonyl (C=O) groups is 1. The van der Waals surface area contributed by atoms with E-state index in [2.05, 4.69) is 11.4 Å². The molecule has 1 amide bonds. The molecule has 0 unspecified atom stereocenters. The van der Waals surface area contributed by atoms with Crippen molar-refractivity contribution in [3.8, 4) is 0 Å². The zero-order valence-corrected chi connectivity index (χ0v) is 8.60. The maximum Gasteiger partial charge on any atom is 0.248 e. The number of hydrogen-bond donors (Lipinski definition) is 2. The molecule has 0 aliphatic heterocycles. The maximum atomic E-state index is 10.9. The lowest BCUT2D eigenvalue weighted by Crippen LogP contribution is -2.10. The van der Waals surface area contributed by atoms with E-state index in [1.165, 1.54) is 0 Å². The van der Waals surface area contributed by atoms with Crippen LogP contribution < -0.4 is 11.1 Å². The highest BCUT2D eigenvalue weighted by Gasteiger charge is 1.99. The van der Waals surface area contributed by atoms with Gasteiger partial charge in [-0.1, -0.05) is 12.1 Å². The van der Waals surface area contributed by atoms with E-state index in [-0.39, 0.29) is 0 Å². The molecule has 3 N–H and O–H groups in total. The first-order valence-electron chi connectivity index (χ1n) is 4.89. The number of rotatable bonds is 3. The predicted molar refractivity (Wildman–Crippen MR) is 63.5 cm³/mol. The fourth-order valence-electron chi connectivity index (χ4n) is 1.35. The zero-order chi connectivity index (χ0) is 11.4. The minimum atomic E-state index is -0.416. The van der Waals surface area contributed by atoms with Gasteiger partial charge in [0.05, 0.1) is 0 Å². The summed E-state index contributed by atoms with van der Waals surface area (Å²) in [5.41, 5.74) is 7.55. The van der Waals surface area contributed by atoms with Crippen molar-refractivity contribution in [3.05, 3.63) is 60.2 Å². The monoisotopic (exact) mass is 211 g/mol. The molecule has 0 saturated heterocycles. The van der Waals surface area contributed by atoms with Crippen molar-refractivity contribution in [2.75, 3.05) is 5.32 Å². The Hall–Kier alpha value is -2.29. The molecule has 0 atom stereocenters. The summed E-state index contributed by atoms with van der Waals surface area (Å²) in [6.07, 6.45) is 0. The molecule has 3 nitrogen and oxygen atoms in total. The standard InChI is InChI=1S/C13H11N2O/c14-13(16)10-6-8-12(9-7-10)15-11-4-2-1-3-5-11/h2-9,15H,(H2,14,16). The van der Waals surface area contributed by atoms with E-state index in [0.29, 0.717) is 5.56 Å². The minimum Gasteiger partial charge on any atom is -0.366 e. The second kappa shape index (κ2) is 4.49. The molecule has 0 spiro atoms. The number of nitrogens with one attached hydrogen (secondary N) is 1. The summed E-state index contributed by atoms with van der Waals surface area (Å²) in [6.45, 7) is 0. The minimum absolute atomic E-state index is 0.416. The van der Waals surface area contributed by atoms with Gasteiger partial charge in [-0.15, -0.1) is 0 Å². The van der Waals surface area contributed by atoms with Crippen molar-refractivity contribution in [1.29, 1.82) is 0 Å². The van der Waals surface area contributed by atoms with Crippen molar-refractivity contribution in [1.82, 2.24) is 0 Å². The van der Waals surface area contributed by atoms with Gasteiger partial charge in [-0.25, -0.2) is 0 Å². The van der Waals surface area contributed by atoms with E-state index >= 15 is 0 Å². The third-order valence-electron chi connectivity index (χ3n) is 2.18. The fraction of sp³-hybridized carbons (Fsp3) is 0. The molecule has 0 aromatic heterocycles. The Bertz CT molecular complexity index is 477. The van der Waals surface area contributed by atoms with Crippen LogP contribution in [0.4, 0.5) is 11.4 Å². The topological polar surface area (TPSA) is 55.1 Å². The van der Waals surface area contributed by atoms with Crippen LogP contribution >= 0.6 is 0 Å². The van der Waals surface area contributed by atoms with Crippen LogP contribution in [-0.2, 0) is 0 Å². The number of nitrogens with two attached hydrogens (primary N) is 1. The first-order chi connectivity index (χ1) is 7.75. The number of primary amides is 1. The van der Waals surface area contributed by atoms with Crippen LogP contribution in [0.1, 0.15) is 10.4 Å². The Kier molecular flexibility index (Phi) is 2.87. The fourth-order valence-corrected chi connectivity index (χ4v) is 1.35. The first kappa shape index (κ1) is 10.2. The van der Waals surface area contributed by atoms with E-state index in [1.807, 2.05) is 36.4 Å². The van der Waals surface area contributed by atoms with Crippen LogP contribution in [0.15, 0.2) is 48.5 Å². The zero-order valence-electron chi connectivity index (χ0n) is 8.60. The number of amides is 1. The number of anilines is 2. The molecule has 0 bridgehead atoms. The highest BCUT2D eigenvalue weighted by Crippen LogP contribution is 2.16. The van der Waals surface area contributed by atoms with Crippen LogP contribution in [0, 0.1) is 6.07 Å². The van der Waals surface area contributed by atoms with Gasteiger partial charge in [0.15, 0.2) is 0 Å². The van der Waals surface area contributed by atoms with Crippen molar-refractivity contribution in [3.63, 3.8) is 0 Å². The second-order valence-electron chi connectivity index (χ2n) is 3.36. The van der Waals surface area contributed by atoms with E-state index < -0.39 is 5.91 Å². The van der Waals surface area contributed by atoms with E-state index in [9.17, 15) is 4.79 Å². The Morgan fingerprint density at radius 2 is 1.56 bits per heavy atom. The van der Waals surface area contributed by atoms with Crippen molar-refractivity contribution >= 4 is 17.3 Å². The molecule has 2 aromatic carbocycles. The van der Waals surface area contributed by atoms with Gasteiger partial charge in [0.2, 0.25) is 5.91 Å². The van der Waals surface area contributed by atoms with Gasteiger partial charge >= 0.3 is 0 Å². The summed E-state index contributed by atoms with van der Waals surface area (Å²) >= 11 is 0. The first-order valence-corrected chi connectivity index (χ1v) is 4.89. The Morgan fingerprint density at radius 3 is 2.12 bits per heavy atom. The van der Waals surface area contributed by atoms with Gasteiger partial charge in [-0.2, -0.15) is 0 Å². The number of hydrogen-bond acceptors (Lipinski definition) is 2. The molecule has 3 heteroatoms. The van der Waals surface area contributed by atoms with Gasteiger partial charge in [-0.3, -0.25) is 4.79 Å². The normalized spacial score (nSPS) is 9.75. The summed E-state index contributed by atoms with van der Waals surface area (Å²) < 4.78 is 0. The summed E-state index contributed by atoms with van der Waals surface area (Å²) in [5.74, 6) is -0.416. The third-order valence-corrected chi connectivity index (χ3v) is 2.18. The van der Waals surface area contributed by atoms with Crippen LogP contribution in [-0.4, -0.2) is 5.91 Å². The lowest BCUT2D eigenvalue weighted by atomic mass is 10.2. The van der Waals surface area contributed by atoms with E-state index in [0.717, 1.165) is 11.4 Å². The van der Waals surface area contributed by atoms with Gasteiger partial charge in [0.25, 0.3) is 0 Å². The number of benzene rings is 2. The molecule has 0 heterocycles. The largest absolute Gasteiger partial charge is 0.366 e. The smallest absolute Gasteiger partial charge is 0.248 e. The Balaban J connectivity index is 2.14. The Labute approximate surface area is 93.9 Å². The highest BCUT2D eigenvalue weighted by atomic mass is 16.1. The van der Waals surface area contributed by atoms with Crippen LogP contribution in [0.3, 0.4) is 0 Å². The molecule has 0 fully saturated rings. The van der Waals surface area contributed by atoms with Gasteiger partial charge < -0.3 is 11.1 Å². The van der Waals surface area contributed by atoms with Crippen LogP contribution in [0.5, 0.6) is 0 Å². The molecule has 2 aromatic rings. The van der Waals surface area contributed by atoms with Gasteiger partial charge in [0.1, 0.15) is 0 Å². The van der Waals surface area contributed by atoms with Gasteiger partial charge in [-0.05, 0) is 42.5 Å². The SMILES string of the molecule is NC(=O)c1ccc(Nc2cc[c]cc2)cc1. The van der Waals surface area contributed by atoms with E-state index in [1.54, 1.807) is 12.1 Å². The highest BCUT2D eigenvalue weighted by molar-refractivity contribution is 5.93. The summed E-state index contributed by atoms with van der Waals surface area (Å²) in [7, 11) is 0. The molecule has 0 aliphatic carbocycles. The number of carbonyl (C=O) groups excluding carboxylic acids is 1. The molecule has 2 rings (SSSR count). The molecular formula is C13H11N2O. The van der Waals surface area contributed by atoms with Gasteiger partial charge in [0, 0.05) is 16.9 Å². The molecule has 0 aliphatic rings. The van der Waals surface area contributed by atoms with Crippen molar-refractivity contribution < 1.29 is 4.79 Å². The molecule has 0 saturated carbocycles. The summed E-state index contributed by atoms with van der Waals surface area (Å²) in [4.78, 5) is 10.9. The quantitative estimate of drug-likeness (QED) is 0.818. The van der Waals surface area contributed by atoms with E-state index in [4.69, 9.17) is 5.73 Å². The molecule has 16 heavy (non-hydrogen) atoms. The van der Waals surface area contributed by atoms with Crippen LogP contribution in [0.2, 0.25) is 0 Å². The molecule has 1 radical (unpaired) electrons. The lowest BCUT2D eigenvalue weighted by Gasteiger charge is -2.06. The second-order valence-corrected chi connectivity index (χ2v) is 3.36. The maximum absolute atomic E-state index is 10.9. The molecular weight excluding hydrogens is 200 g/mol. The Morgan fingerprint density at radius 1 is 1.00 bits per heavy atom. The van der Waals surface area contributed by atoms with Crippen molar-refractivity contribution in [2.45, 2.75) is 0 Å². The predicted octanol–water partition coefficient (Wildman–Crippen LogP) is 2.33. The average molecular weight is 211 g/mol. The third kappa shape index (κ3) is 2.39. The lowest BCUT2D eigenvalue weighted by molar-refractivity contribution is 0.100. The summed E-state index contributed by atoms with van der Waals surface area (Å²) in [5, 5.41) is 3.20. The van der Waals surface area contributed by atoms with Crippen LogP contribution in [0.25, 0.3) is 0 Å². The molecule has 79 valence electrons.